The van der Waals surface area contributed by atoms with Crippen LogP contribution in [-0.2, 0) is 0 Å². The topological polar surface area (TPSA) is 102 Å². The highest BCUT2D eigenvalue weighted by Gasteiger charge is 2.40. The number of hydrogen-bond acceptors (Lipinski definition) is 5. The fourth-order valence-electron chi connectivity index (χ4n) is 1.16. The Morgan fingerprint density at radius 2 is 2.18 bits per heavy atom. The van der Waals surface area contributed by atoms with Gasteiger partial charge in [-0.15, -0.1) is 0 Å². The van der Waals surface area contributed by atoms with Crippen molar-refractivity contribution in [2.75, 3.05) is 24.2 Å². The van der Waals surface area contributed by atoms with Crippen LogP contribution >= 0.6 is 11.8 Å². The molecule has 0 radical (unpaired) electrons. The molecular weight excluding hydrogens is 324 g/mol. The second kappa shape index (κ2) is 8.73. The Bertz CT molecular complexity index is 499. The lowest BCUT2D eigenvalue weighted by Crippen LogP contribution is -2.33. The second-order valence-electron chi connectivity index (χ2n) is 4.10. The van der Waals surface area contributed by atoms with Crippen LogP contribution in [0.1, 0.15) is 6.42 Å². The standard InChI is InChI=1S/C11H16F4N6S/c12-8(13)11(14,15)6-19-9(17)20-7-2-4-18-10(21-7)22-5-1-3-16/h2,4,8H,1,3,5-6,16H2,(H3,17,18,19,20,21). The number of nitrogens with two attached hydrogens (primary N) is 2. The molecule has 5 N–H and O–H groups in total. The zero-order chi connectivity index (χ0) is 16.6. The Hall–Kier alpha value is -1.62. The highest BCUT2D eigenvalue weighted by atomic mass is 32.2. The summed E-state index contributed by atoms with van der Waals surface area (Å²) in [5, 5.41) is 2.89. The van der Waals surface area contributed by atoms with E-state index in [1.54, 1.807) is 0 Å². The van der Waals surface area contributed by atoms with Gasteiger partial charge in [0.1, 0.15) is 12.4 Å². The number of alkyl halides is 4. The van der Waals surface area contributed by atoms with Crippen LogP contribution in [0.5, 0.6) is 0 Å². The van der Waals surface area contributed by atoms with Crippen molar-refractivity contribution in [2.24, 2.45) is 16.5 Å². The number of guanidine groups is 1. The Kier molecular flexibility index (Phi) is 7.32. The number of nitrogens with zero attached hydrogens (tertiary/aromatic N) is 3. The number of thioether (sulfide) groups is 1. The summed E-state index contributed by atoms with van der Waals surface area (Å²) in [6.45, 7) is -0.865. The Morgan fingerprint density at radius 3 is 2.82 bits per heavy atom. The molecule has 0 aliphatic heterocycles. The lowest BCUT2D eigenvalue weighted by Gasteiger charge is -2.12. The molecular formula is C11H16F4N6S. The van der Waals surface area contributed by atoms with Crippen molar-refractivity contribution >= 4 is 23.5 Å². The van der Waals surface area contributed by atoms with Gasteiger partial charge >= 0.3 is 12.3 Å². The zero-order valence-corrected chi connectivity index (χ0v) is 12.3. The van der Waals surface area contributed by atoms with Crippen LogP contribution in [0, 0.1) is 0 Å². The van der Waals surface area contributed by atoms with Crippen molar-refractivity contribution in [3.8, 4) is 0 Å². The van der Waals surface area contributed by atoms with Crippen LogP contribution < -0.4 is 16.8 Å². The molecule has 1 aromatic rings. The first-order valence-electron chi connectivity index (χ1n) is 6.24. The number of hydrogen-bond donors (Lipinski definition) is 3. The van der Waals surface area contributed by atoms with Crippen molar-refractivity contribution in [1.82, 2.24) is 9.97 Å². The van der Waals surface area contributed by atoms with Gasteiger partial charge in [-0.2, -0.15) is 8.78 Å². The fraction of sp³-hybridized carbons (Fsp3) is 0.545. The third kappa shape index (κ3) is 6.43. The molecule has 0 aromatic carbocycles. The highest BCUT2D eigenvalue weighted by molar-refractivity contribution is 7.99. The van der Waals surface area contributed by atoms with Crippen molar-refractivity contribution < 1.29 is 17.6 Å². The SMILES string of the molecule is NCCCSc1nccc(NC(N)=NCC(F)(F)C(F)F)n1. The van der Waals surface area contributed by atoms with Crippen LogP contribution in [0.25, 0.3) is 0 Å². The van der Waals surface area contributed by atoms with Gasteiger partial charge in [0.15, 0.2) is 11.1 Å². The molecule has 1 rings (SSSR count). The quantitative estimate of drug-likeness (QED) is 0.166. The molecule has 6 nitrogen and oxygen atoms in total. The van der Waals surface area contributed by atoms with E-state index in [1.807, 2.05) is 0 Å². The number of aromatic nitrogens is 2. The lowest BCUT2D eigenvalue weighted by atomic mass is 10.3. The fourth-order valence-corrected chi connectivity index (χ4v) is 1.95. The van der Waals surface area contributed by atoms with Crippen LogP contribution in [0.4, 0.5) is 23.4 Å². The molecule has 0 spiro atoms. The van der Waals surface area contributed by atoms with E-state index >= 15 is 0 Å². The Balaban J connectivity index is 2.60. The average molecular weight is 340 g/mol. The maximum absolute atomic E-state index is 12.7. The molecule has 0 saturated heterocycles. The molecule has 11 heteroatoms. The highest BCUT2D eigenvalue weighted by Crippen LogP contribution is 2.22. The van der Waals surface area contributed by atoms with Crippen molar-refractivity contribution in [1.29, 1.82) is 0 Å². The van der Waals surface area contributed by atoms with Crippen LogP contribution in [0.3, 0.4) is 0 Å². The predicted molar refractivity (Wildman–Crippen MR) is 77.5 cm³/mol. The molecule has 0 fully saturated rings. The summed E-state index contributed by atoms with van der Waals surface area (Å²) in [5.74, 6) is -3.70. The summed E-state index contributed by atoms with van der Waals surface area (Å²) < 4.78 is 49.4. The molecule has 0 unspecified atom stereocenters. The summed E-state index contributed by atoms with van der Waals surface area (Å²) in [6.07, 6.45) is -1.56. The van der Waals surface area contributed by atoms with Gasteiger partial charge in [-0.25, -0.2) is 23.7 Å². The van der Waals surface area contributed by atoms with E-state index in [1.165, 1.54) is 24.0 Å². The minimum absolute atomic E-state index is 0.229. The van der Waals surface area contributed by atoms with Crippen LogP contribution in [0.15, 0.2) is 22.4 Å². The molecule has 0 aliphatic rings. The molecule has 124 valence electrons. The van der Waals surface area contributed by atoms with Gasteiger partial charge in [0.2, 0.25) is 0 Å². The molecule has 1 heterocycles. The van der Waals surface area contributed by atoms with E-state index in [0.29, 0.717) is 11.7 Å². The van der Waals surface area contributed by atoms with Gasteiger partial charge in [0, 0.05) is 11.9 Å². The summed E-state index contributed by atoms with van der Waals surface area (Å²) in [5.41, 5.74) is 10.7. The largest absolute Gasteiger partial charge is 0.370 e. The number of rotatable bonds is 8. The second-order valence-corrected chi connectivity index (χ2v) is 5.17. The van der Waals surface area contributed by atoms with Gasteiger partial charge in [-0.3, -0.25) is 0 Å². The molecule has 0 amide bonds. The van der Waals surface area contributed by atoms with Crippen LogP contribution in [0.2, 0.25) is 0 Å². The number of nitrogens with one attached hydrogen (secondary N) is 1. The smallest absolute Gasteiger partial charge is 0.326 e. The van der Waals surface area contributed by atoms with Gasteiger partial charge in [0.05, 0.1) is 0 Å². The zero-order valence-electron chi connectivity index (χ0n) is 11.5. The lowest BCUT2D eigenvalue weighted by molar-refractivity contribution is -0.119. The third-order valence-corrected chi connectivity index (χ3v) is 3.20. The minimum Gasteiger partial charge on any atom is -0.370 e. The van der Waals surface area contributed by atoms with Gasteiger partial charge in [-0.05, 0) is 19.0 Å². The monoisotopic (exact) mass is 340 g/mol. The average Bonchev–Trinajstić information content (AvgIpc) is 2.46. The van der Waals surface area contributed by atoms with E-state index in [-0.39, 0.29) is 5.82 Å². The normalized spacial score (nSPS) is 12.7. The third-order valence-electron chi connectivity index (χ3n) is 2.25. The molecule has 0 saturated carbocycles. The molecule has 1 aromatic heterocycles. The first-order chi connectivity index (χ1) is 10.3. The number of aliphatic imine (C=N–C) groups is 1. The van der Waals surface area contributed by atoms with E-state index < -0.39 is 24.9 Å². The molecule has 0 aliphatic carbocycles. The van der Waals surface area contributed by atoms with E-state index in [4.69, 9.17) is 11.5 Å². The van der Waals surface area contributed by atoms with Crippen molar-refractivity contribution in [3.05, 3.63) is 12.3 Å². The van der Waals surface area contributed by atoms with E-state index in [2.05, 4.69) is 20.3 Å². The summed E-state index contributed by atoms with van der Waals surface area (Å²) in [6, 6.07) is 1.45. The molecule has 22 heavy (non-hydrogen) atoms. The van der Waals surface area contributed by atoms with Gasteiger partial charge in [-0.1, -0.05) is 11.8 Å². The maximum Gasteiger partial charge on any atom is 0.326 e. The maximum atomic E-state index is 12.7. The van der Waals surface area contributed by atoms with Gasteiger partial charge < -0.3 is 16.8 Å². The van der Waals surface area contributed by atoms with E-state index in [9.17, 15) is 17.6 Å². The Labute approximate surface area is 128 Å². The van der Waals surface area contributed by atoms with Gasteiger partial charge in [0.25, 0.3) is 0 Å². The number of anilines is 1. The summed E-state index contributed by atoms with van der Waals surface area (Å²) in [4.78, 5) is 11.3. The Morgan fingerprint density at radius 1 is 1.45 bits per heavy atom. The predicted octanol–water partition coefficient (Wildman–Crippen LogP) is 1.54. The van der Waals surface area contributed by atoms with Crippen LogP contribution in [-0.4, -0.2) is 47.1 Å². The summed E-state index contributed by atoms with van der Waals surface area (Å²) >= 11 is 1.37. The molecule has 0 atom stereocenters. The number of halogens is 4. The first-order valence-corrected chi connectivity index (χ1v) is 7.22. The summed E-state index contributed by atoms with van der Waals surface area (Å²) in [7, 11) is 0. The molecule has 0 bridgehead atoms. The first kappa shape index (κ1) is 18.4. The minimum atomic E-state index is -4.22. The van der Waals surface area contributed by atoms with Crippen molar-refractivity contribution in [2.45, 2.75) is 23.9 Å². The van der Waals surface area contributed by atoms with E-state index in [0.717, 1.165) is 12.2 Å². The van der Waals surface area contributed by atoms with Crippen molar-refractivity contribution in [3.63, 3.8) is 0 Å².